The van der Waals surface area contributed by atoms with Crippen LogP contribution in [0.5, 0.6) is 0 Å². The highest BCUT2D eigenvalue weighted by Gasteiger charge is 2.27. The van der Waals surface area contributed by atoms with Gasteiger partial charge in [0.25, 0.3) is 0 Å². The van der Waals surface area contributed by atoms with Crippen molar-refractivity contribution >= 4 is 5.71 Å². The van der Waals surface area contributed by atoms with Gasteiger partial charge in [-0.3, -0.25) is 4.57 Å². The van der Waals surface area contributed by atoms with Crippen molar-refractivity contribution in [3.05, 3.63) is 82.7 Å². The predicted octanol–water partition coefficient (Wildman–Crippen LogP) is 3.47. The summed E-state index contributed by atoms with van der Waals surface area (Å²) in [6.45, 7) is 3.81. The Balaban J connectivity index is 2.07. The fourth-order valence-corrected chi connectivity index (χ4v) is 3.08. The molecule has 1 aliphatic rings. The van der Waals surface area contributed by atoms with Gasteiger partial charge in [-0.25, -0.2) is 14.4 Å². The molecule has 1 N–H and O–H groups in total. The first-order valence-corrected chi connectivity index (χ1v) is 7.73. The number of aryl methyl sites for hydroxylation is 1. The van der Waals surface area contributed by atoms with E-state index in [2.05, 4.69) is 9.98 Å². The van der Waals surface area contributed by atoms with Crippen LogP contribution in [0.3, 0.4) is 0 Å². The molecular formula is C19H16FN3O. The number of aliphatic hydroxyl groups is 1. The molecule has 1 unspecified atom stereocenters. The van der Waals surface area contributed by atoms with Crippen LogP contribution >= 0.6 is 0 Å². The number of hydrogen-bond donors (Lipinski definition) is 1. The third-order valence-corrected chi connectivity index (χ3v) is 4.35. The molecule has 0 spiro atoms. The van der Waals surface area contributed by atoms with Crippen LogP contribution in [0.1, 0.15) is 34.6 Å². The maximum Gasteiger partial charge on any atom is 0.205 e. The van der Waals surface area contributed by atoms with E-state index in [0.717, 1.165) is 22.6 Å². The summed E-state index contributed by atoms with van der Waals surface area (Å²) in [5, 5.41) is 10.6. The van der Waals surface area contributed by atoms with Crippen molar-refractivity contribution in [1.29, 1.82) is 0 Å². The molecule has 2 aromatic carbocycles. The van der Waals surface area contributed by atoms with Crippen molar-refractivity contribution in [2.45, 2.75) is 20.1 Å². The first-order valence-electron chi connectivity index (χ1n) is 7.73. The first kappa shape index (κ1) is 14.8. The second-order valence-electron chi connectivity index (χ2n) is 5.86. The van der Waals surface area contributed by atoms with Gasteiger partial charge in [-0.1, -0.05) is 30.3 Å². The molecule has 0 aliphatic carbocycles. The summed E-state index contributed by atoms with van der Waals surface area (Å²) in [7, 11) is 0. The summed E-state index contributed by atoms with van der Waals surface area (Å²) < 4.78 is 15.8. The number of benzene rings is 2. The lowest BCUT2D eigenvalue weighted by Gasteiger charge is -2.13. The molecule has 5 heteroatoms. The number of nitrogens with zero attached hydrogens (tertiary/aromatic N) is 3. The highest BCUT2D eigenvalue weighted by atomic mass is 19.1. The Labute approximate surface area is 138 Å². The Hall–Kier alpha value is -2.79. The van der Waals surface area contributed by atoms with Crippen LogP contribution in [0, 0.1) is 19.7 Å². The summed E-state index contributed by atoms with van der Waals surface area (Å²) in [6.07, 6.45) is -1.11. The standard InChI is InChI=1S/C19H16FN3O/c1-11-12(2)23-16-9-8-14(20)10-15(16)17(13-6-4-3-5-7-13)22-19(24)18(23)21-11/h3-10,19,24H,1-2H3. The SMILES string of the molecule is Cc1nc2n(c1C)-c1ccc(F)cc1C(c1ccccc1)=NC2O. The normalized spacial score (nSPS) is 16.2. The molecule has 120 valence electrons. The topological polar surface area (TPSA) is 50.4 Å². The molecule has 1 aliphatic heterocycles. The summed E-state index contributed by atoms with van der Waals surface area (Å²) >= 11 is 0. The van der Waals surface area contributed by atoms with Crippen molar-refractivity contribution in [3.8, 4) is 5.69 Å². The van der Waals surface area contributed by atoms with Crippen LogP contribution in [0.15, 0.2) is 53.5 Å². The Morgan fingerprint density at radius 3 is 2.58 bits per heavy atom. The molecule has 24 heavy (non-hydrogen) atoms. The van der Waals surface area contributed by atoms with E-state index in [1.54, 1.807) is 6.07 Å². The van der Waals surface area contributed by atoms with Gasteiger partial charge in [0.15, 0.2) is 5.82 Å². The minimum Gasteiger partial charge on any atom is -0.365 e. The van der Waals surface area contributed by atoms with E-state index in [1.165, 1.54) is 12.1 Å². The Bertz CT molecular complexity index is 960. The minimum absolute atomic E-state index is 0.343. The van der Waals surface area contributed by atoms with Gasteiger partial charge in [-0.15, -0.1) is 0 Å². The molecule has 2 heterocycles. The fraction of sp³-hybridized carbons (Fsp3) is 0.158. The number of hydrogen-bond acceptors (Lipinski definition) is 3. The average molecular weight is 321 g/mol. The van der Waals surface area contributed by atoms with Crippen molar-refractivity contribution in [3.63, 3.8) is 0 Å². The smallest absolute Gasteiger partial charge is 0.205 e. The first-order chi connectivity index (χ1) is 11.6. The maximum absolute atomic E-state index is 14.0. The summed E-state index contributed by atoms with van der Waals surface area (Å²) in [4.78, 5) is 8.90. The largest absolute Gasteiger partial charge is 0.365 e. The number of fused-ring (bicyclic) bond motifs is 3. The fourth-order valence-electron chi connectivity index (χ4n) is 3.08. The Morgan fingerprint density at radius 2 is 1.83 bits per heavy atom. The lowest BCUT2D eigenvalue weighted by atomic mass is 10.00. The molecule has 4 rings (SSSR count). The highest BCUT2D eigenvalue weighted by Crippen LogP contribution is 2.31. The number of aromatic nitrogens is 2. The van der Waals surface area contributed by atoms with Gasteiger partial charge in [-0.05, 0) is 32.0 Å². The van der Waals surface area contributed by atoms with Gasteiger partial charge < -0.3 is 5.11 Å². The average Bonchev–Trinajstić information content (AvgIpc) is 2.82. The number of aliphatic hydroxyl groups excluding tert-OH is 1. The number of aliphatic imine (C=N–C) groups is 1. The second kappa shape index (κ2) is 5.39. The van der Waals surface area contributed by atoms with Gasteiger partial charge in [0, 0.05) is 16.8 Å². The molecule has 0 saturated heterocycles. The molecule has 0 saturated carbocycles. The zero-order valence-corrected chi connectivity index (χ0v) is 13.4. The monoisotopic (exact) mass is 321 g/mol. The second-order valence-corrected chi connectivity index (χ2v) is 5.86. The van der Waals surface area contributed by atoms with Crippen LogP contribution in [0.2, 0.25) is 0 Å². The van der Waals surface area contributed by atoms with E-state index in [0.29, 0.717) is 17.1 Å². The zero-order chi connectivity index (χ0) is 16.8. The molecule has 0 radical (unpaired) electrons. The van der Waals surface area contributed by atoms with Gasteiger partial charge in [-0.2, -0.15) is 0 Å². The lowest BCUT2D eigenvalue weighted by Crippen LogP contribution is -2.08. The molecule has 1 atom stereocenters. The van der Waals surface area contributed by atoms with E-state index in [1.807, 2.05) is 48.7 Å². The van der Waals surface area contributed by atoms with Gasteiger partial charge in [0.2, 0.25) is 6.23 Å². The van der Waals surface area contributed by atoms with E-state index >= 15 is 0 Å². The minimum atomic E-state index is -1.11. The van der Waals surface area contributed by atoms with Gasteiger partial charge in [0.05, 0.1) is 17.1 Å². The van der Waals surface area contributed by atoms with Gasteiger partial charge in [0.1, 0.15) is 5.82 Å². The third-order valence-electron chi connectivity index (χ3n) is 4.35. The van der Waals surface area contributed by atoms with Crippen LogP contribution in [0.4, 0.5) is 4.39 Å². The van der Waals surface area contributed by atoms with Crippen LogP contribution in [-0.4, -0.2) is 20.4 Å². The maximum atomic E-state index is 14.0. The predicted molar refractivity (Wildman–Crippen MR) is 90.0 cm³/mol. The number of halogens is 1. The molecule has 3 aromatic rings. The summed E-state index contributed by atoms with van der Waals surface area (Å²) in [5.41, 5.74) is 4.51. The third kappa shape index (κ3) is 2.17. The van der Waals surface area contributed by atoms with E-state index < -0.39 is 6.23 Å². The number of rotatable bonds is 1. The van der Waals surface area contributed by atoms with Crippen molar-refractivity contribution in [2.75, 3.05) is 0 Å². The molecular weight excluding hydrogens is 305 g/mol. The molecule has 4 nitrogen and oxygen atoms in total. The van der Waals surface area contributed by atoms with Crippen molar-refractivity contribution in [1.82, 2.24) is 9.55 Å². The molecule has 1 aromatic heterocycles. The highest BCUT2D eigenvalue weighted by molar-refractivity contribution is 6.15. The van der Waals surface area contributed by atoms with E-state index in [9.17, 15) is 9.50 Å². The quantitative estimate of drug-likeness (QED) is 0.746. The number of imidazole rings is 1. The molecule has 0 bridgehead atoms. The van der Waals surface area contributed by atoms with Crippen molar-refractivity contribution in [2.24, 2.45) is 4.99 Å². The molecule has 0 amide bonds. The Kier molecular flexibility index (Phi) is 3.32. The van der Waals surface area contributed by atoms with Gasteiger partial charge >= 0.3 is 0 Å². The summed E-state index contributed by atoms with van der Waals surface area (Å²) in [5.74, 6) is 0.105. The van der Waals surface area contributed by atoms with Crippen LogP contribution in [-0.2, 0) is 0 Å². The molecule has 0 fully saturated rings. The van der Waals surface area contributed by atoms with Crippen LogP contribution < -0.4 is 0 Å². The van der Waals surface area contributed by atoms with Crippen molar-refractivity contribution < 1.29 is 9.50 Å². The zero-order valence-electron chi connectivity index (χ0n) is 13.4. The lowest BCUT2D eigenvalue weighted by molar-refractivity contribution is 0.177. The Morgan fingerprint density at radius 1 is 1.08 bits per heavy atom. The van der Waals surface area contributed by atoms with E-state index in [-0.39, 0.29) is 5.82 Å². The van der Waals surface area contributed by atoms with Crippen LogP contribution in [0.25, 0.3) is 5.69 Å². The van der Waals surface area contributed by atoms with E-state index in [4.69, 9.17) is 0 Å². The summed E-state index contributed by atoms with van der Waals surface area (Å²) in [6, 6.07) is 14.1.